The zero-order valence-electron chi connectivity index (χ0n) is 18.1. The van der Waals surface area contributed by atoms with Crippen molar-refractivity contribution < 1.29 is 14.3 Å². The summed E-state index contributed by atoms with van der Waals surface area (Å²) in [7, 11) is 5.37. The maximum atomic E-state index is 12.2. The molecule has 0 spiro atoms. The zero-order valence-corrected chi connectivity index (χ0v) is 18.1. The lowest BCUT2D eigenvalue weighted by Crippen LogP contribution is -2.43. The number of hydrogen-bond donors (Lipinski definition) is 1. The number of piperazine rings is 1. The molecule has 1 N–H and O–H groups in total. The van der Waals surface area contributed by atoms with Crippen LogP contribution in [0.5, 0.6) is 11.5 Å². The monoisotopic (exact) mass is 409 g/mol. The van der Waals surface area contributed by atoms with E-state index in [0.717, 1.165) is 43.9 Å². The van der Waals surface area contributed by atoms with E-state index in [1.165, 1.54) is 11.6 Å². The van der Waals surface area contributed by atoms with Crippen molar-refractivity contribution in [2.45, 2.75) is 13.1 Å². The topological polar surface area (TPSA) is 54.0 Å². The van der Waals surface area contributed by atoms with Crippen LogP contribution >= 0.6 is 0 Å². The molecule has 1 saturated heterocycles. The Morgan fingerprint density at radius 1 is 1.00 bits per heavy atom. The fourth-order valence-electron chi connectivity index (χ4n) is 3.40. The predicted octanol–water partition coefficient (Wildman–Crippen LogP) is 2.78. The van der Waals surface area contributed by atoms with Crippen LogP contribution in [-0.2, 0) is 17.9 Å². The third-order valence-electron chi connectivity index (χ3n) is 5.35. The second kappa shape index (κ2) is 10.8. The lowest BCUT2D eigenvalue weighted by Gasteiger charge is -2.32. The van der Waals surface area contributed by atoms with Crippen LogP contribution < -0.4 is 14.8 Å². The van der Waals surface area contributed by atoms with Crippen LogP contribution in [0.4, 0.5) is 0 Å². The van der Waals surface area contributed by atoms with E-state index in [4.69, 9.17) is 9.47 Å². The molecule has 0 aromatic heterocycles. The van der Waals surface area contributed by atoms with Crippen LogP contribution in [0.2, 0.25) is 0 Å². The number of hydrogen-bond acceptors (Lipinski definition) is 5. The van der Waals surface area contributed by atoms with E-state index in [-0.39, 0.29) is 5.91 Å². The fraction of sp³-hybridized carbons (Fsp3) is 0.375. The first kappa shape index (κ1) is 21.9. The van der Waals surface area contributed by atoms with Crippen LogP contribution in [0.15, 0.2) is 48.5 Å². The van der Waals surface area contributed by atoms with E-state index < -0.39 is 0 Å². The molecule has 1 amide bonds. The minimum atomic E-state index is -0.144. The predicted molar refractivity (Wildman–Crippen MR) is 120 cm³/mol. The summed E-state index contributed by atoms with van der Waals surface area (Å²) in [5, 5.41) is 2.93. The van der Waals surface area contributed by atoms with E-state index in [2.05, 4.69) is 46.4 Å². The highest BCUT2D eigenvalue weighted by molar-refractivity contribution is 5.92. The largest absolute Gasteiger partial charge is 0.497 e. The third-order valence-corrected chi connectivity index (χ3v) is 5.35. The quantitative estimate of drug-likeness (QED) is 0.680. The molecule has 0 atom stereocenters. The van der Waals surface area contributed by atoms with Crippen LogP contribution in [-0.4, -0.2) is 63.2 Å². The van der Waals surface area contributed by atoms with E-state index in [9.17, 15) is 4.79 Å². The molecule has 2 aromatic carbocycles. The molecule has 6 nitrogen and oxygen atoms in total. The number of methoxy groups -OCH3 is 2. The van der Waals surface area contributed by atoms with Gasteiger partial charge in [0, 0.05) is 57.0 Å². The number of amides is 1. The minimum Gasteiger partial charge on any atom is -0.497 e. The van der Waals surface area contributed by atoms with Crippen LogP contribution in [0.3, 0.4) is 0 Å². The average molecular weight is 410 g/mol. The summed E-state index contributed by atoms with van der Waals surface area (Å²) in [6.45, 7) is 5.95. The lowest BCUT2D eigenvalue weighted by molar-refractivity contribution is -0.116. The molecule has 1 fully saturated rings. The van der Waals surface area contributed by atoms with E-state index in [1.807, 2.05) is 12.1 Å². The van der Waals surface area contributed by atoms with Crippen molar-refractivity contribution in [1.29, 1.82) is 0 Å². The van der Waals surface area contributed by atoms with Crippen molar-refractivity contribution in [2.24, 2.45) is 0 Å². The van der Waals surface area contributed by atoms with Crippen molar-refractivity contribution in [1.82, 2.24) is 15.1 Å². The van der Waals surface area contributed by atoms with Gasteiger partial charge in [0.1, 0.15) is 11.5 Å². The molecule has 30 heavy (non-hydrogen) atoms. The van der Waals surface area contributed by atoms with Gasteiger partial charge in [-0.3, -0.25) is 9.69 Å². The maximum Gasteiger partial charge on any atom is 0.244 e. The van der Waals surface area contributed by atoms with E-state index in [0.29, 0.717) is 18.0 Å². The summed E-state index contributed by atoms with van der Waals surface area (Å²) >= 11 is 0. The van der Waals surface area contributed by atoms with Gasteiger partial charge >= 0.3 is 0 Å². The highest BCUT2D eigenvalue weighted by atomic mass is 16.5. The van der Waals surface area contributed by atoms with Crippen molar-refractivity contribution in [3.63, 3.8) is 0 Å². The molecular weight excluding hydrogens is 378 g/mol. The summed E-state index contributed by atoms with van der Waals surface area (Å²) in [6.07, 6.45) is 3.26. The fourth-order valence-corrected chi connectivity index (χ4v) is 3.40. The first-order valence-corrected chi connectivity index (χ1v) is 10.2. The molecule has 2 aromatic rings. The minimum absolute atomic E-state index is 0.144. The maximum absolute atomic E-state index is 12.2. The summed E-state index contributed by atoms with van der Waals surface area (Å²) in [5.41, 5.74) is 3.21. The molecular formula is C24H31N3O3. The van der Waals surface area contributed by atoms with Gasteiger partial charge in [-0.2, -0.15) is 0 Å². The second-order valence-corrected chi connectivity index (χ2v) is 7.55. The molecule has 0 bridgehead atoms. The van der Waals surface area contributed by atoms with Crippen molar-refractivity contribution in [3.05, 3.63) is 65.2 Å². The summed E-state index contributed by atoms with van der Waals surface area (Å²) in [5.74, 6) is 1.23. The second-order valence-electron chi connectivity index (χ2n) is 7.55. The SMILES string of the molecule is COc1ccc(/C=C/C(=O)NCc2ccc(CN3CCN(C)CC3)cc2)c(OC)c1. The summed E-state index contributed by atoms with van der Waals surface area (Å²) in [6, 6.07) is 14.0. The molecule has 1 heterocycles. The Morgan fingerprint density at radius 3 is 2.37 bits per heavy atom. The first-order chi connectivity index (χ1) is 14.6. The number of carbonyl (C=O) groups is 1. The van der Waals surface area contributed by atoms with Gasteiger partial charge in [-0.15, -0.1) is 0 Å². The molecule has 1 aliphatic rings. The van der Waals surface area contributed by atoms with Gasteiger partial charge in [-0.25, -0.2) is 0 Å². The molecule has 0 saturated carbocycles. The lowest BCUT2D eigenvalue weighted by atomic mass is 10.1. The van der Waals surface area contributed by atoms with Crippen molar-refractivity contribution in [3.8, 4) is 11.5 Å². The van der Waals surface area contributed by atoms with Crippen LogP contribution in [0, 0.1) is 0 Å². The number of rotatable bonds is 8. The van der Waals surface area contributed by atoms with Gasteiger partial charge in [0.05, 0.1) is 14.2 Å². The van der Waals surface area contributed by atoms with Crippen LogP contribution in [0.25, 0.3) is 6.08 Å². The highest BCUT2D eigenvalue weighted by Crippen LogP contribution is 2.25. The summed E-state index contributed by atoms with van der Waals surface area (Å²) in [4.78, 5) is 17.0. The van der Waals surface area contributed by atoms with Gasteiger partial charge in [-0.05, 0) is 36.4 Å². The Bertz CT molecular complexity index is 856. The van der Waals surface area contributed by atoms with Gasteiger partial charge < -0.3 is 19.7 Å². The van der Waals surface area contributed by atoms with Crippen molar-refractivity contribution >= 4 is 12.0 Å². The number of nitrogens with one attached hydrogen (secondary N) is 1. The standard InChI is InChI=1S/C24H31N3O3/c1-26-12-14-27(15-13-26)18-20-6-4-19(5-7-20)17-25-24(28)11-9-21-8-10-22(29-2)16-23(21)30-3/h4-11,16H,12-15,17-18H2,1-3H3,(H,25,28)/b11-9+. The van der Waals surface area contributed by atoms with Gasteiger partial charge in [0.2, 0.25) is 5.91 Å². The normalized spacial score (nSPS) is 15.3. The highest BCUT2D eigenvalue weighted by Gasteiger charge is 2.13. The summed E-state index contributed by atoms with van der Waals surface area (Å²) < 4.78 is 10.5. The van der Waals surface area contributed by atoms with Gasteiger partial charge in [-0.1, -0.05) is 24.3 Å². The number of carbonyl (C=O) groups excluding carboxylic acids is 1. The Balaban J connectivity index is 1.48. The van der Waals surface area contributed by atoms with E-state index >= 15 is 0 Å². The van der Waals surface area contributed by atoms with Crippen LogP contribution in [0.1, 0.15) is 16.7 Å². The average Bonchev–Trinajstić information content (AvgIpc) is 2.78. The van der Waals surface area contributed by atoms with Gasteiger partial charge in [0.25, 0.3) is 0 Å². The smallest absolute Gasteiger partial charge is 0.244 e. The first-order valence-electron chi connectivity index (χ1n) is 10.2. The Kier molecular flexibility index (Phi) is 7.88. The number of ether oxygens (including phenoxy) is 2. The number of benzene rings is 2. The molecule has 0 aliphatic carbocycles. The Hall–Kier alpha value is -2.83. The van der Waals surface area contributed by atoms with Crippen molar-refractivity contribution in [2.75, 3.05) is 47.4 Å². The molecule has 3 rings (SSSR count). The third kappa shape index (κ3) is 6.34. The Labute approximate surface area is 179 Å². The zero-order chi connectivity index (χ0) is 21.3. The molecule has 6 heteroatoms. The van der Waals surface area contributed by atoms with Gasteiger partial charge in [0.15, 0.2) is 0 Å². The Morgan fingerprint density at radius 2 is 1.70 bits per heavy atom. The van der Waals surface area contributed by atoms with E-state index in [1.54, 1.807) is 26.4 Å². The molecule has 0 unspecified atom stereocenters. The number of nitrogens with zero attached hydrogens (tertiary/aromatic N) is 2. The molecule has 1 aliphatic heterocycles. The molecule has 0 radical (unpaired) electrons. The number of likely N-dealkylation sites (N-methyl/N-ethyl adjacent to an activating group) is 1. The molecule has 160 valence electrons.